The summed E-state index contributed by atoms with van der Waals surface area (Å²) in [5.41, 5.74) is 5.51. The molecule has 0 unspecified atom stereocenters. The molecule has 9 nitrogen and oxygen atoms in total. The van der Waals surface area contributed by atoms with Crippen LogP contribution in [-0.4, -0.2) is 73.9 Å². The van der Waals surface area contributed by atoms with Gasteiger partial charge in [0.25, 0.3) is 0 Å². The molecule has 4 heterocycles. The molecular weight excluding hydrogens is 497 g/mol. The van der Waals surface area contributed by atoms with E-state index in [9.17, 15) is 26.4 Å². The molecule has 194 valence electrons. The van der Waals surface area contributed by atoms with Gasteiger partial charge in [-0.3, -0.25) is 0 Å². The largest absolute Gasteiger partial charge is 0.417 e. The van der Waals surface area contributed by atoms with E-state index < -0.39 is 27.8 Å². The number of urea groups is 1. The van der Waals surface area contributed by atoms with Crippen molar-refractivity contribution in [1.82, 2.24) is 14.2 Å². The minimum absolute atomic E-state index is 0.0844. The van der Waals surface area contributed by atoms with Crippen LogP contribution in [0.15, 0.2) is 47.5 Å². The van der Waals surface area contributed by atoms with Crippen molar-refractivity contribution in [1.29, 1.82) is 0 Å². The van der Waals surface area contributed by atoms with Crippen LogP contribution in [-0.2, 0) is 16.2 Å². The van der Waals surface area contributed by atoms with E-state index in [1.165, 1.54) is 10.4 Å². The molecule has 2 amide bonds. The molecule has 1 spiro atoms. The van der Waals surface area contributed by atoms with E-state index in [2.05, 4.69) is 15.2 Å². The van der Waals surface area contributed by atoms with Gasteiger partial charge in [-0.2, -0.15) is 17.5 Å². The minimum atomic E-state index is -4.44. The quantitative estimate of drug-likeness (QED) is 0.622. The molecule has 3 N–H and O–H groups in total. The number of amides is 2. The van der Waals surface area contributed by atoms with Gasteiger partial charge in [0.2, 0.25) is 10.0 Å². The standard InChI is InChI=1S/C23H27F3N6O3S/c24-23(25,26)16-1-6-20(28-11-16)29-17-7-9-32(10-8-17)36(34,35)19-4-2-18(3-5-19)30-12-22(13-30)14-31(15-22)21(27)33/h1-6,11,17H,7-10,12-15H2,(H2,27,33)(H,28,29). The molecule has 1 aromatic carbocycles. The topological polar surface area (TPSA) is 112 Å². The molecule has 0 radical (unpaired) electrons. The summed E-state index contributed by atoms with van der Waals surface area (Å²) in [7, 11) is -3.66. The van der Waals surface area contributed by atoms with Gasteiger partial charge < -0.3 is 20.9 Å². The number of carbonyl (C=O) groups is 1. The van der Waals surface area contributed by atoms with Crippen LogP contribution >= 0.6 is 0 Å². The van der Waals surface area contributed by atoms with Gasteiger partial charge in [0, 0.05) is 62.6 Å². The van der Waals surface area contributed by atoms with Gasteiger partial charge in [-0.1, -0.05) is 0 Å². The van der Waals surface area contributed by atoms with Gasteiger partial charge in [-0.05, 0) is 49.2 Å². The Kier molecular flexibility index (Phi) is 6.02. The SMILES string of the molecule is NC(=O)N1CC2(C1)CN(c1ccc(S(=O)(=O)N3CCC(Nc4ccc(C(F)(F)F)cn4)CC3)cc1)C2. The van der Waals surface area contributed by atoms with Crippen LogP contribution in [0.5, 0.6) is 0 Å². The number of hydrogen-bond donors (Lipinski definition) is 2. The van der Waals surface area contributed by atoms with Crippen molar-refractivity contribution in [3.05, 3.63) is 48.2 Å². The maximum Gasteiger partial charge on any atom is 0.417 e. The zero-order chi connectivity index (χ0) is 25.7. The number of anilines is 2. The Hall–Kier alpha value is -3.06. The first-order chi connectivity index (χ1) is 17.0. The second-order valence-corrected chi connectivity index (χ2v) is 11.7. The number of pyridine rings is 1. The number of carbonyl (C=O) groups excluding carboxylic acids is 1. The summed E-state index contributed by atoms with van der Waals surface area (Å²) in [4.78, 5) is 19.0. The monoisotopic (exact) mass is 524 g/mol. The summed E-state index contributed by atoms with van der Waals surface area (Å²) in [6.45, 7) is 3.52. The first kappa shape index (κ1) is 24.6. The van der Waals surface area contributed by atoms with Gasteiger partial charge in [0.15, 0.2) is 0 Å². The molecule has 0 atom stereocenters. The van der Waals surface area contributed by atoms with Gasteiger partial charge in [-0.15, -0.1) is 0 Å². The average molecular weight is 525 g/mol. The van der Waals surface area contributed by atoms with Crippen molar-refractivity contribution in [2.24, 2.45) is 11.1 Å². The lowest BCUT2D eigenvalue weighted by Gasteiger charge is -2.60. The van der Waals surface area contributed by atoms with Gasteiger partial charge in [0.1, 0.15) is 5.82 Å². The molecule has 5 rings (SSSR count). The van der Waals surface area contributed by atoms with Crippen LogP contribution < -0.4 is 16.0 Å². The predicted molar refractivity (Wildman–Crippen MR) is 127 cm³/mol. The molecule has 0 bridgehead atoms. The number of sulfonamides is 1. The zero-order valence-electron chi connectivity index (χ0n) is 19.4. The van der Waals surface area contributed by atoms with Crippen molar-refractivity contribution in [2.75, 3.05) is 49.5 Å². The van der Waals surface area contributed by atoms with Crippen molar-refractivity contribution in [3.63, 3.8) is 0 Å². The van der Waals surface area contributed by atoms with Crippen LogP contribution in [0.25, 0.3) is 0 Å². The fourth-order valence-corrected chi connectivity index (χ4v) is 6.61. The second kappa shape index (κ2) is 8.80. The van der Waals surface area contributed by atoms with Crippen LogP contribution in [0.2, 0.25) is 0 Å². The molecule has 0 aliphatic carbocycles. The van der Waals surface area contributed by atoms with E-state index in [4.69, 9.17) is 5.73 Å². The highest BCUT2D eigenvalue weighted by Crippen LogP contribution is 2.42. The van der Waals surface area contributed by atoms with Crippen molar-refractivity contribution < 1.29 is 26.4 Å². The Labute approximate surface area is 207 Å². The van der Waals surface area contributed by atoms with E-state index in [0.717, 1.165) is 31.0 Å². The van der Waals surface area contributed by atoms with Gasteiger partial charge in [-0.25, -0.2) is 18.2 Å². The van der Waals surface area contributed by atoms with Crippen LogP contribution in [0, 0.1) is 5.41 Å². The van der Waals surface area contributed by atoms with Crippen LogP contribution in [0.1, 0.15) is 18.4 Å². The molecule has 0 saturated carbocycles. The smallest absolute Gasteiger partial charge is 0.370 e. The molecule has 3 fully saturated rings. The lowest BCUT2D eigenvalue weighted by molar-refractivity contribution is -0.137. The lowest BCUT2D eigenvalue weighted by atomic mass is 9.73. The highest BCUT2D eigenvalue weighted by molar-refractivity contribution is 7.89. The Morgan fingerprint density at radius 3 is 2.19 bits per heavy atom. The molecular formula is C23H27F3N6O3S. The van der Waals surface area contributed by atoms with Crippen molar-refractivity contribution >= 4 is 27.6 Å². The fourth-order valence-electron chi connectivity index (χ4n) is 5.14. The predicted octanol–water partition coefficient (Wildman–Crippen LogP) is 2.57. The summed E-state index contributed by atoms with van der Waals surface area (Å²) in [6, 6.07) is 8.60. The lowest BCUT2D eigenvalue weighted by Crippen LogP contribution is -2.73. The summed E-state index contributed by atoms with van der Waals surface area (Å²) < 4.78 is 65.8. The zero-order valence-corrected chi connectivity index (χ0v) is 20.2. The first-order valence-corrected chi connectivity index (χ1v) is 13.1. The van der Waals surface area contributed by atoms with E-state index in [0.29, 0.717) is 44.8 Å². The average Bonchev–Trinajstić information content (AvgIpc) is 2.77. The maximum atomic E-state index is 13.1. The third-order valence-corrected chi connectivity index (χ3v) is 9.07. The number of piperidine rings is 1. The molecule has 36 heavy (non-hydrogen) atoms. The van der Waals surface area contributed by atoms with Gasteiger partial charge in [0.05, 0.1) is 10.5 Å². The first-order valence-electron chi connectivity index (χ1n) is 11.6. The Bertz CT molecular complexity index is 1220. The van der Waals surface area contributed by atoms with Crippen LogP contribution in [0.3, 0.4) is 0 Å². The van der Waals surface area contributed by atoms with E-state index >= 15 is 0 Å². The number of benzene rings is 1. The number of nitrogens with one attached hydrogen (secondary N) is 1. The van der Waals surface area contributed by atoms with E-state index in [1.54, 1.807) is 29.2 Å². The van der Waals surface area contributed by atoms with Crippen LogP contribution in [0.4, 0.5) is 29.5 Å². The molecule has 3 aliphatic heterocycles. The number of nitrogens with two attached hydrogens (primary N) is 1. The van der Waals surface area contributed by atoms with E-state index in [1.807, 2.05) is 0 Å². The molecule has 2 aromatic rings. The summed E-state index contributed by atoms with van der Waals surface area (Å²) >= 11 is 0. The number of aromatic nitrogens is 1. The number of rotatable bonds is 5. The summed E-state index contributed by atoms with van der Waals surface area (Å²) in [5.74, 6) is 0.330. The van der Waals surface area contributed by atoms with Crippen molar-refractivity contribution in [2.45, 2.75) is 30.0 Å². The third kappa shape index (κ3) is 4.69. The summed E-state index contributed by atoms with van der Waals surface area (Å²) in [5, 5.41) is 3.09. The number of likely N-dealkylation sites (tertiary alicyclic amines) is 1. The van der Waals surface area contributed by atoms with Gasteiger partial charge >= 0.3 is 12.2 Å². The number of alkyl halides is 3. The normalized spacial score (nSPS) is 20.6. The number of primary amides is 1. The van der Waals surface area contributed by atoms with E-state index in [-0.39, 0.29) is 16.4 Å². The summed E-state index contributed by atoms with van der Waals surface area (Å²) in [6.07, 6.45) is -2.63. The van der Waals surface area contributed by atoms with Crippen molar-refractivity contribution in [3.8, 4) is 0 Å². The molecule has 3 aliphatic rings. The second-order valence-electron chi connectivity index (χ2n) is 9.80. The minimum Gasteiger partial charge on any atom is -0.370 e. The molecule has 13 heteroatoms. The molecule has 1 aromatic heterocycles. The number of halogens is 3. The Morgan fingerprint density at radius 1 is 1.03 bits per heavy atom. The third-order valence-electron chi connectivity index (χ3n) is 7.15. The molecule has 3 saturated heterocycles. The highest BCUT2D eigenvalue weighted by Gasteiger charge is 2.52. The highest BCUT2D eigenvalue weighted by atomic mass is 32.2. The fraction of sp³-hybridized carbons (Fsp3) is 0.478. The Balaban J connectivity index is 1.13. The Morgan fingerprint density at radius 2 is 1.67 bits per heavy atom. The number of nitrogens with zero attached hydrogens (tertiary/aromatic N) is 4. The maximum absolute atomic E-state index is 13.1. The number of hydrogen-bond acceptors (Lipinski definition) is 6.